The van der Waals surface area contributed by atoms with Crippen LogP contribution in [-0.4, -0.2) is 26.0 Å². The highest BCUT2D eigenvalue weighted by atomic mass is 16.5. The molecule has 24 heavy (non-hydrogen) atoms. The molecule has 0 aliphatic carbocycles. The number of carbonyl (C=O) groups excluding carboxylic acids is 2. The molecule has 0 saturated carbocycles. The van der Waals surface area contributed by atoms with Crippen molar-refractivity contribution in [1.29, 1.82) is 0 Å². The Bertz CT molecular complexity index is 749. The van der Waals surface area contributed by atoms with Crippen LogP contribution in [0.4, 0.5) is 0 Å². The maximum Gasteiger partial charge on any atom is 0.269 e. The lowest BCUT2D eigenvalue weighted by Gasteiger charge is -2.11. The molecule has 0 aliphatic heterocycles. The molecule has 6 heteroatoms. The minimum absolute atomic E-state index is 0.312. The van der Waals surface area contributed by atoms with Gasteiger partial charge in [0.1, 0.15) is 11.5 Å². The van der Waals surface area contributed by atoms with E-state index in [1.54, 1.807) is 24.3 Å². The van der Waals surface area contributed by atoms with Crippen LogP contribution in [0.5, 0.6) is 11.5 Å². The van der Waals surface area contributed by atoms with E-state index in [1.807, 2.05) is 26.0 Å². The Kier molecular flexibility index (Phi) is 5.42. The molecule has 0 spiro atoms. The second kappa shape index (κ2) is 7.50. The van der Waals surface area contributed by atoms with Crippen LogP contribution in [0.2, 0.25) is 0 Å². The van der Waals surface area contributed by atoms with E-state index in [0.29, 0.717) is 22.6 Å². The third kappa shape index (κ3) is 4.04. The topological polar surface area (TPSA) is 76.7 Å². The van der Waals surface area contributed by atoms with E-state index in [0.717, 1.165) is 11.1 Å². The van der Waals surface area contributed by atoms with E-state index in [1.165, 1.54) is 14.2 Å². The molecular formula is C18H20N2O4. The summed E-state index contributed by atoms with van der Waals surface area (Å²) in [5, 5.41) is 0. The third-order valence-corrected chi connectivity index (χ3v) is 3.53. The summed E-state index contributed by atoms with van der Waals surface area (Å²) in [5.74, 6) is 0.126. The Hall–Kier alpha value is -3.02. The SMILES string of the molecule is COc1cc(OC)cc(C(=O)NNC(=O)c2ccc(C)cc2C)c1. The zero-order valence-corrected chi connectivity index (χ0v) is 14.1. The number of aryl methyl sites for hydroxylation is 2. The number of hydrogen-bond donors (Lipinski definition) is 2. The van der Waals surface area contributed by atoms with E-state index in [4.69, 9.17) is 9.47 Å². The third-order valence-electron chi connectivity index (χ3n) is 3.53. The number of carbonyl (C=O) groups is 2. The fourth-order valence-electron chi connectivity index (χ4n) is 2.26. The van der Waals surface area contributed by atoms with Gasteiger partial charge >= 0.3 is 0 Å². The zero-order chi connectivity index (χ0) is 17.7. The van der Waals surface area contributed by atoms with Crippen LogP contribution in [-0.2, 0) is 0 Å². The molecular weight excluding hydrogens is 308 g/mol. The first-order valence-electron chi connectivity index (χ1n) is 7.35. The van der Waals surface area contributed by atoms with Gasteiger partial charge in [-0.2, -0.15) is 0 Å². The summed E-state index contributed by atoms with van der Waals surface area (Å²) in [6, 6.07) is 10.2. The highest BCUT2D eigenvalue weighted by molar-refractivity contribution is 6.00. The molecule has 2 aromatic rings. The summed E-state index contributed by atoms with van der Waals surface area (Å²) in [4.78, 5) is 24.4. The molecule has 2 aromatic carbocycles. The molecule has 126 valence electrons. The Balaban J connectivity index is 2.08. The van der Waals surface area contributed by atoms with Crippen molar-refractivity contribution in [3.8, 4) is 11.5 Å². The molecule has 0 aliphatic rings. The van der Waals surface area contributed by atoms with Crippen molar-refractivity contribution >= 4 is 11.8 Å². The molecule has 0 unspecified atom stereocenters. The van der Waals surface area contributed by atoms with E-state index < -0.39 is 5.91 Å². The second-order valence-corrected chi connectivity index (χ2v) is 5.33. The van der Waals surface area contributed by atoms with Gasteiger partial charge in [-0.3, -0.25) is 20.4 Å². The van der Waals surface area contributed by atoms with Gasteiger partial charge in [0.05, 0.1) is 14.2 Å². The number of hydrazine groups is 1. The largest absolute Gasteiger partial charge is 0.497 e. The lowest BCUT2D eigenvalue weighted by atomic mass is 10.1. The minimum atomic E-state index is -0.467. The maximum absolute atomic E-state index is 12.2. The van der Waals surface area contributed by atoms with Crippen LogP contribution in [0.15, 0.2) is 36.4 Å². The lowest BCUT2D eigenvalue weighted by Crippen LogP contribution is -2.41. The Morgan fingerprint density at radius 3 is 1.96 bits per heavy atom. The van der Waals surface area contributed by atoms with Gasteiger partial charge in [-0.1, -0.05) is 17.7 Å². The minimum Gasteiger partial charge on any atom is -0.497 e. The molecule has 0 atom stereocenters. The van der Waals surface area contributed by atoms with Crippen molar-refractivity contribution in [3.63, 3.8) is 0 Å². The fraction of sp³-hybridized carbons (Fsp3) is 0.222. The van der Waals surface area contributed by atoms with Crippen LogP contribution in [0, 0.1) is 13.8 Å². The molecule has 6 nitrogen and oxygen atoms in total. The van der Waals surface area contributed by atoms with Crippen LogP contribution < -0.4 is 20.3 Å². The number of ether oxygens (including phenoxy) is 2. The Morgan fingerprint density at radius 1 is 0.833 bits per heavy atom. The Labute approximate surface area is 140 Å². The summed E-state index contributed by atoms with van der Waals surface area (Å²) in [6.07, 6.45) is 0. The first kappa shape index (κ1) is 17.3. The average Bonchev–Trinajstić information content (AvgIpc) is 2.58. The number of hydrogen-bond acceptors (Lipinski definition) is 4. The fourth-order valence-corrected chi connectivity index (χ4v) is 2.26. The lowest BCUT2D eigenvalue weighted by molar-refractivity contribution is 0.0846. The number of methoxy groups -OCH3 is 2. The number of nitrogens with one attached hydrogen (secondary N) is 2. The van der Waals surface area contributed by atoms with Gasteiger partial charge in [-0.25, -0.2) is 0 Å². The van der Waals surface area contributed by atoms with Crippen LogP contribution in [0.25, 0.3) is 0 Å². The summed E-state index contributed by atoms with van der Waals surface area (Å²) >= 11 is 0. The quantitative estimate of drug-likeness (QED) is 0.845. The van der Waals surface area contributed by atoms with Gasteiger partial charge < -0.3 is 9.47 Å². The van der Waals surface area contributed by atoms with Crippen LogP contribution in [0.3, 0.4) is 0 Å². The highest BCUT2D eigenvalue weighted by Gasteiger charge is 2.13. The molecule has 0 heterocycles. The van der Waals surface area contributed by atoms with E-state index in [-0.39, 0.29) is 5.91 Å². The molecule has 2 amide bonds. The monoisotopic (exact) mass is 328 g/mol. The standard InChI is InChI=1S/C18H20N2O4/c1-11-5-6-16(12(2)7-11)18(22)20-19-17(21)13-8-14(23-3)10-15(9-13)24-4/h5-10H,1-4H3,(H,19,21)(H,20,22). The molecule has 2 rings (SSSR count). The zero-order valence-electron chi connectivity index (χ0n) is 14.1. The van der Waals surface area contributed by atoms with Crippen molar-refractivity contribution in [2.24, 2.45) is 0 Å². The van der Waals surface area contributed by atoms with Crippen LogP contribution >= 0.6 is 0 Å². The second-order valence-electron chi connectivity index (χ2n) is 5.33. The predicted molar refractivity (Wildman–Crippen MR) is 90.4 cm³/mol. The molecule has 2 N–H and O–H groups in total. The van der Waals surface area contributed by atoms with Crippen molar-refractivity contribution in [2.75, 3.05) is 14.2 Å². The van der Waals surface area contributed by atoms with Crippen molar-refractivity contribution in [2.45, 2.75) is 13.8 Å². The van der Waals surface area contributed by atoms with Gasteiger partial charge in [0.25, 0.3) is 11.8 Å². The van der Waals surface area contributed by atoms with E-state index in [2.05, 4.69) is 10.9 Å². The van der Waals surface area contributed by atoms with Gasteiger partial charge in [-0.15, -0.1) is 0 Å². The number of rotatable bonds is 4. The van der Waals surface area contributed by atoms with Crippen molar-refractivity contribution < 1.29 is 19.1 Å². The van der Waals surface area contributed by atoms with E-state index >= 15 is 0 Å². The van der Waals surface area contributed by atoms with Crippen LogP contribution in [0.1, 0.15) is 31.8 Å². The number of benzene rings is 2. The summed E-state index contributed by atoms with van der Waals surface area (Å²) in [7, 11) is 3.00. The first-order chi connectivity index (χ1) is 11.4. The Morgan fingerprint density at radius 2 is 1.42 bits per heavy atom. The van der Waals surface area contributed by atoms with Gasteiger partial charge in [0, 0.05) is 17.2 Å². The normalized spacial score (nSPS) is 10.0. The average molecular weight is 328 g/mol. The molecule has 0 aromatic heterocycles. The maximum atomic E-state index is 12.2. The predicted octanol–water partition coefficient (Wildman–Crippen LogP) is 2.40. The van der Waals surface area contributed by atoms with Crippen molar-refractivity contribution in [1.82, 2.24) is 10.9 Å². The molecule has 0 radical (unpaired) electrons. The number of amides is 2. The smallest absolute Gasteiger partial charge is 0.269 e. The first-order valence-corrected chi connectivity index (χ1v) is 7.35. The van der Waals surface area contributed by atoms with Gasteiger partial charge in [0.2, 0.25) is 0 Å². The molecule has 0 bridgehead atoms. The summed E-state index contributed by atoms with van der Waals surface area (Å²) < 4.78 is 10.2. The molecule has 0 saturated heterocycles. The van der Waals surface area contributed by atoms with Gasteiger partial charge in [-0.05, 0) is 37.6 Å². The molecule has 0 fully saturated rings. The van der Waals surface area contributed by atoms with E-state index in [9.17, 15) is 9.59 Å². The highest BCUT2D eigenvalue weighted by Crippen LogP contribution is 2.22. The summed E-state index contributed by atoms with van der Waals surface area (Å²) in [5.41, 5.74) is 7.52. The van der Waals surface area contributed by atoms with Crippen molar-refractivity contribution in [3.05, 3.63) is 58.7 Å². The van der Waals surface area contributed by atoms with Gasteiger partial charge in [0.15, 0.2) is 0 Å². The summed E-state index contributed by atoms with van der Waals surface area (Å²) in [6.45, 7) is 3.79.